The van der Waals surface area contributed by atoms with Crippen LogP contribution in [0.1, 0.15) is 70.0 Å². The molecule has 0 bridgehead atoms. The maximum Gasteiger partial charge on any atom is 0.409 e. The van der Waals surface area contributed by atoms with Crippen LogP contribution in [0.15, 0.2) is 24.3 Å². The van der Waals surface area contributed by atoms with Crippen LogP contribution in [0.2, 0.25) is 0 Å². The lowest BCUT2D eigenvalue weighted by Crippen LogP contribution is -2.49. The van der Waals surface area contributed by atoms with E-state index in [1.807, 2.05) is 11.8 Å². The van der Waals surface area contributed by atoms with Crippen molar-refractivity contribution in [2.75, 3.05) is 39.3 Å². The first kappa shape index (κ1) is 22.1. The summed E-state index contributed by atoms with van der Waals surface area (Å²) in [6.07, 6.45) is 5.20. The first-order valence-corrected chi connectivity index (χ1v) is 11.8. The fourth-order valence-electron chi connectivity index (χ4n) is 6.02. The molecule has 6 heteroatoms. The van der Waals surface area contributed by atoms with Crippen LogP contribution in [0, 0.1) is 5.41 Å². The second-order valence-corrected chi connectivity index (χ2v) is 10.1. The zero-order chi connectivity index (χ0) is 22.1. The molecule has 1 N–H and O–H groups in total. The van der Waals surface area contributed by atoms with Crippen LogP contribution in [-0.2, 0) is 14.9 Å². The highest BCUT2D eigenvalue weighted by atomic mass is 16.6. The summed E-state index contributed by atoms with van der Waals surface area (Å²) in [7, 11) is 0. The average Bonchev–Trinajstić information content (AvgIpc) is 3.03. The minimum Gasteiger partial charge on any atom is -0.450 e. The van der Waals surface area contributed by atoms with E-state index in [1.165, 1.54) is 11.1 Å². The number of benzene rings is 1. The van der Waals surface area contributed by atoms with E-state index in [4.69, 9.17) is 4.74 Å². The Morgan fingerprint density at radius 1 is 1.10 bits per heavy atom. The van der Waals surface area contributed by atoms with Gasteiger partial charge >= 0.3 is 6.09 Å². The molecular weight excluding hydrogens is 390 g/mol. The summed E-state index contributed by atoms with van der Waals surface area (Å²) in [4.78, 5) is 28.2. The van der Waals surface area contributed by atoms with Crippen molar-refractivity contribution in [3.8, 4) is 0 Å². The molecule has 2 fully saturated rings. The number of carbonyl (C=O) groups is 2. The maximum atomic E-state index is 12.0. The number of likely N-dealkylation sites (tertiary alicyclic amines) is 2. The number of nitrogens with one attached hydrogen (secondary N) is 1. The molecule has 31 heavy (non-hydrogen) atoms. The highest BCUT2D eigenvalue weighted by molar-refractivity contribution is 5.74. The number of ether oxygens (including phenoxy) is 1. The number of hydrogen-bond acceptors (Lipinski definition) is 4. The molecule has 1 aromatic carbocycles. The van der Waals surface area contributed by atoms with Gasteiger partial charge in [0.2, 0.25) is 5.91 Å². The third-order valence-corrected chi connectivity index (χ3v) is 7.79. The van der Waals surface area contributed by atoms with Crippen LogP contribution < -0.4 is 5.32 Å². The Labute approximate surface area is 186 Å². The van der Waals surface area contributed by atoms with E-state index in [0.717, 1.165) is 64.8 Å². The normalized spacial score (nSPS) is 24.6. The number of nitrogens with zero attached hydrogens (tertiary/aromatic N) is 2. The fraction of sp³-hybridized carbons (Fsp3) is 0.680. The molecule has 1 spiro atoms. The van der Waals surface area contributed by atoms with E-state index in [-0.39, 0.29) is 28.9 Å². The van der Waals surface area contributed by atoms with E-state index in [2.05, 4.69) is 41.4 Å². The van der Waals surface area contributed by atoms with E-state index >= 15 is 0 Å². The van der Waals surface area contributed by atoms with Crippen LogP contribution >= 0.6 is 0 Å². The maximum absolute atomic E-state index is 12.0. The van der Waals surface area contributed by atoms with Gasteiger partial charge in [-0.15, -0.1) is 0 Å². The molecule has 4 rings (SSSR count). The summed E-state index contributed by atoms with van der Waals surface area (Å²) in [5, 5.41) is 3.18. The summed E-state index contributed by atoms with van der Waals surface area (Å²) in [6.45, 7) is 11.1. The van der Waals surface area contributed by atoms with Crippen LogP contribution in [0.5, 0.6) is 0 Å². The number of piperidine rings is 2. The van der Waals surface area contributed by atoms with Gasteiger partial charge in [0, 0.05) is 32.0 Å². The topological polar surface area (TPSA) is 61.9 Å². The van der Waals surface area contributed by atoms with Gasteiger partial charge in [-0.2, -0.15) is 0 Å². The Morgan fingerprint density at radius 2 is 1.77 bits per heavy atom. The third-order valence-electron chi connectivity index (χ3n) is 7.79. The Kier molecular flexibility index (Phi) is 6.29. The van der Waals surface area contributed by atoms with Gasteiger partial charge in [-0.25, -0.2) is 4.79 Å². The van der Waals surface area contributed by atoms with Crippen molar-refractivity contribution in [2.24, 2.45) is 5.41 Å². The molecule has 1 aromatic rings. The van der Waals surface area contributed by atoms with Gasteiger partial charge in [0.05, 0.1) is 12.6 Å². The molecule has 2 heterocycles. The Morgan fingerprint density at radius 3 is 2.42 bits per heavy atom. The molecule has 1 unspecified atom stereocenters. The van der Waals surface area contributed by atoms with Crippen LogP contribution in [0.4, 0.5) is 4.79 Å². The van der Waals surface area contributed by atoms with Crippen LogP contribution in [0.25, 0.3) is 0 Å². The van der Waals surface area contributed by atoms with Crippen molar-refractivity contribution in [3.05, 3.63) is 35.4 Å². The lowest BCUT2D eigenvalue weighted by Gasteiger charge is -2.46. The van der Waals surface area contributed by atoms with Gasteiger partial charge in [0.15, 0.2) is 0 Å². The van der Waals surface area contributed by atoms with E-state index in [9.17, 15) is 9.59 Å². The molecule has 2 amide bonds. The first-order valence-electron chi connectivity index (χ1n) is 11.8. The molecule has 6 nitrogen and oxygen atoms in total. The van der Waals surface area contributed by atoms with Crippen LogP contribution in [0.3, 0.4) is 0 Å². The van der Waals surface area contributed by atoms with Crippen LogP contribution in [-0.4, -0.2) is 61.1 Å². The van der Waals surface area contributed by atoms with Crippen molar-refractivity contribution in [2.45, 2.75) is 64.3 Å². The molecule has 2 saturated heterocycles. The van der Waals surface area contributed by atoms with E-state index in [0.29, 0.717) is 6.61 Å². The standard InChI is InChI=1S/C25H37N3O3/c1-4-31-23(30)28-15-9-24(3,10-16-28)18-27-13-11-25(12-14-27)17-22(26-19(2)29)20-7-5-6-8-21(20)25/h5-8,22H,4,9-18H2,1-3H3,(H,26,29). The zero-order valence-corrected chi connectivity index (χ0v) is 19.3. The van der Waals surface area contributed by atoms with Gasteiger partial charge < -0.3 is 19.9 Å². The second kappa shape index (κ2) is 8.81. The number of hydrogen-bond donors (Lipinski definition) is 1. The monoisotopic (exact) mass is 427 g/mol. The number of amides is 2. The third kappa shape index (κ3) is 4.59. The van der Waals surface area contributed by atoms with Gasteiger partial charge in [-0.05, 0) is 68.7 Å². The minimum absolute atomic E-state index is 0.0522. The predicted molar refractivity (Wildman–Crippen MR) is 121 cm³/mol. The van der Waals surface area contributed by atoms with Gasteiger partial charge in [-0.1, -0.05) is 31.2 Å². The van der Waals surface area contributed by atoms with Gasteiger partial charge in [0.1, 0.15) is 0 Å². The van der Waals surface area contributed by atoms with Gasteiger partial charge in [0.25, 0.3) is 0 Å². The lowest BCUT2D eigenvalue weighted by atomic mass is 9.72. The van der Waals surface area contributed by atoms with Gasteiger partial charge in [-0.3, -0.25) is 4.79 Å². The van der Waals surface area contributed by atoms with Crippen molar-refractivity contribution >= 4 is 12.0 Å². The van der Waals surface area contributed by atoms with E-state index in [1.54, 1.807) is 6.92 Å². The molecule has 1 atom stereocenters. The second-order valence-electron chi connectivity index (χ2n) is 10.1. The average molecular weight is 428 g/mol. The highest BCUT2D eigenvalue weighted by Crippen LogP contribution is 2.51. The van der Waals surface area contributed by atoms with Crippen molar-refractivity contribution in [1.82, 2.24) is 15.1 Å². The Hall–Kier alpha value is -2.08. The highest BCUT2D eigenvalue weighted by Gasteiger charge is 2.46. The van der Waals surface area contributed by atoms with E-state index < -0.39 is 0 Å². The summed E-state index contributed by atoms with van der Waals surface area (Å²) >= 11 is 0. The Balaban J connectivity index is 1.35. The molecule has 3 aliphatic rings. The smallest absolute Gasteiger partial charge is 0.409 e. The zero-order valence-electron chi connectivity index (χ0n) is 19.3. The largest absolute Gasteiger partial charge is 0.450 e. The SMILES string of the molecule is CCOC(=O)N1CCC(C)(CN2CCC3(CC2)CC(NC(C)=O)c2ccccc23)CC1. The molecule has 1 aliphatic carbocycles. The number of rotatable bonds is 4. The number of carbonyl (C=O) groups excluding carboxylic acids is 2. The predicted octanol–water partition coefficient (Wildman–Crippen LogP) is 3.86. The summed E-state index contributed by atoms with van der Waals surface area (Å²) in [5.74, 6) is 0.0522. The van der Waals surface area contributed by atoms with Crippen molar-refractivity contribution in [3.63, 3.8) is 0 Å². The summed E-state index contributed by atoms with van der Waals surface area (Å²) in [5.41, 5.74) is 3.19. The molecule has 0 saturated carbocycles. The molecule has 0 radical (unpaired) electrons. The Bertz CT molecular complexity index is 808. The number of fused-ring (bicyclic) bond motifs is 2. The first-order chi connectivity index (χ1) is 14.8. The molecule has 2 aliphatic heterocycles. The van der Waals surface area contributed by atoms with Crippen molar-refractivity contribution in [1.29, 1.82) is 0 Å². The molecular formula is C25H37N3O3. The lowest BCUT2D eigenvalue weighted by molar-refractivity contribution is -0.119. The summed E-state index contributed by atoms with van der Waals surface area (Å²) < 4.78 is 5.16. The van der Waals surface area contributed by atoms with Crippen molar-refractivity contribution < 1.29 is 14.3 Å². The fourth-order valence-corrected chi connectivity index (χ4v) is 6.02. The summed E-state index contributed by atoms with van der Waals surface area (Å²) in [6, 6.07) is 8.84. The quantitative estimate of drug-likeness (QED) is 0.793. The molecule has 0 aromatic heterocycles. The minimum atomic E-state index is -0.168. The molecule has 170 valence electrons.